The van der Waals surface area contributed by atoms with E-state index in [2.05, 4.69) is 15.6 Å². The highest BCUT2D eigenvalue weighted by molar-refractivity contribution is 14.0. The fourth-order valence-corrected chi connectivity index (χ4v) is 3.26. The van der Waals surface area contributed by atoms with Gasteiger partial charge in [0.05, 0.1) is 17.4 Å². The molecule has 0 saturated carbocycles. The van der Waals surface area contributed by atoms with E-state index in [1.54, 1.807) is 20.0 Å². The van der Waals surface area contributed by atoms with Crippen LogP contribution in [0.3, 0.4) is 0 Å². The summed E-state index contributed by atoms with van der Waals surface area (Å²) >= 11 is 0. The Morgan fingerprint density at radius 1 is 1.25 bits per heavy atom. The van der Waals surface area contributed by atoms with Crippen molar-refractivity contribution in [1.29, 1.82) is 0 Å². The van der Waals surface area contributed by atoms with Crippen molar-refractivity contribution < 1.29 is 21.6 Å². The monoisotopic (exact) mass is 535 g/mol. The summed E-state index contributed by atoms with van der Waals surface area (Å²) in [4.78, 5) is 4.09. The SMILES string of the molecule is CN=C(NCC(C)(C)CCS(C)(=O)=O)NC(C)c1cccc(C(F)(F)F)c1.I. The van der Waals surface area contributed by atoms with Crippen LogP contribution in [0.2, 0.25) is 0 Å². The van der Waals surface area contributed by atoms with Crippen molar-refractivity contribution in [2.75, 3.05) is 25.6 Å². The predicted octanol–water partition coefficient (Wildman–Crippen LogP) is 4.01. The molecule has 0 spiro atoms. The van der Waals surface area contributed by atoms with E-state index in [0.717, 1.165) is 12.1 Å². The van der Waals surface area contributed by atoms with Crippen molar-refractivity contribution in [3.05, 3.63) is 35.4 Å². The van der Waals surface area contributed by atoms with E-state index >= 15 is 0 Å². The predicted molar refractivity (Wildman–Crippen MR) is 118 cm³/mol. The number of halogens is 4. The van der Waals surface area contributed by atoms with E-state index in [1.165, 1.54) is 12.3 Å². The first-order chi connectivity index (χ1) is 12.2. The zero-order chi connectivity index (χ0) is 20.9. The van der Waals surface area contributed by atoms with Crippen molar-refractivity contribution in [3.63, 3.8) is 0 Å². The van der Waals surface area contributed by atoms with Crippen molar-refractivity contribution in [1.82, 2.24) is 10.6 Å². The van der Waals surface area contributed by atoms with Gasteiger partial charge in [-0.15, -0.1) is 24.0 Å². The third-order valence-electron chi connectivity index (χ3n) is 4.17. The molecule has 0 fully saturated rings. The van der Waals surface area contributed by atoms with Crippen LogP contribution in [0, 0.1) is 5.41 Å². The maximum Gasteiger partial charge on any atom is 0.416 e. The average Bonchev–Trinajstić information content (AvgIpc) is 2.55. The number of benzene rings is 1. The normalized spacial score (nSPS) is 14.2. The van der Waals surface area contributed by atoms with Crippen LogP contribution < -0.4 is 10.6 Å². The van der Waals surface area contributed by atoms with Gasteiger partial charge in [-0.1, -0.05) is 26.0 Å². The van der Waals surface area contributed by atoms with Gasteiger partial charge in [-0.25, -0.2) is 8.42 Å². The first-order valence-electron chi connectivity index (χ1n) is 8.55. The molecule has 1 aromatic rings. The first-order valence-corrected chi connectivity index (χ1v) is 10.6. The number of rotatable bonds is 7. The van der Waals surface area contributed by atoms with Crippen molar-refractivity contribution in [2.24, 2.45) is 10.4 Å². The minimum absolute atomic E-state index is 0. The molecule has 1 aromatic carbocycles. The Hall–Kier alpha value is -1.04. The second-order valence-corrected chi connectivity index (χ2v) is 9.72. The summed E-state index contributed by atoms with van der Waals surface area (Å²) in [5.41, 5.74) is -0.497. The lowest BCUT2D eigenvalue weighted by molar-refractivity contribution is -0.137. The second kappa shape index (κ2) is 10.7. The minimum atomic E-state index is -4.39. The molecule has 28 heavy (non-hydrogen) atoms. The molecule has 1 rings (SSSR count). The largest absolute Gasteiger partial charge is 0.416 e. The lowest BCUT2D eigenvalue weighted by Gasteiger charge is -2.27. The third kappa shape index (κ3) is 9.94. The van der Waals surface area contributed by atoms with Gasteiger partial charge in [0.1, 0.15) is 9.84 Å². The Bertz CT molecular complexity index is 766. The molecule has 0 bridgehead atoms. The standard InChI is InChI=1S/C18H28F3N3O2S.HI/c1-13(14-7-6-8-15(11-14)18(19,20)21)24-16(22-4)23-12-17(2,3)9-10-27(5,25)26;/h6-8,11,13H,9-10,12H2,1-5H3,(H2,22,23,24);1H. The molecule has 0 amide bonds. The zero-order valence-corrected chi connectivity index (χ0v) is 19.9. The average molecular weight is 535 g/mol. The lowest BCUT2D eigenvalue weighted by atomic mass is 9.90. The summed E-state index contributed by atoms with van der Waals surface area (Å²) in [5, 5.41) is 6.17. The maximum absolute atomic E-state index is 12.9. The molecule has 0 heterocycles. The van der Waals surface area contributed by atoms with E-state index in [0.29, 0.717) is 24.5 Å². The van der Waals surface area contributed by atoms with Crippen molar-refractivity contribution >= 4 is 39.8 Å². The number of nitrogens with one attached hydrogen (secondary N) is 2. The number of aliphatic imine (C=N–C) groups is 1. The number of hydrogen-bond acceptors (Lipinski definition) is 3. The number of nitrogens with zero attached hydrogens (tertiary/aromatic N) is 1. The first kappa shape index (κ1) is 27.0. The third-order valence-corrected chi connectivity index (χ3v) is 5.12. The fraction of sp³-hybridized carbons (Fsp3) is 0.611. The van der Waals surface area contributed by atoms with Gasteiger partial charge in [0.15, 0.2) is 5.96 Å². The Kier molecular flexibility index (Phi) is 10.3. The highest BCUT2D eigenvalue weighted by atomic mass is 127. The number of alkyl halides is 3. The molecule has 0 aliphatic heterocycles. The van der Waals surface area contributed by atoms with Gasteiger partial charge in [-0.05, 0) is 36.5 Å². The Labute approximate surface area is 182 Å². The summed E-state index contributed by atoms with van der Waals surface area (Å²) in [7, 11) is -1.47. The van der Waals surface area contributed by atoms with Gasteiger partial charge in [-0.3, -0.25) is 4.99 Å². The molecule has 0 saturated heterocycles. The van der Waals surface area contributed by atoms with E-state index < -0.39 is 27.6 Å². The Balaban J connectivity index is 0.00000729. The second-order valence-electron chi connectivity index (χ2n) is 7.46. The van der Waals surface area contributed by atoms with Crippen LogP contribution in [0.1, 0.15) is 44.4 Å². The maximum atomic E-state index is 12.9. The van der Waals surface area contributed by atoms with Crippen LogP contribution in [0.5, 0.6) is 0 Å². The topological polar surface area (TPSA) is 70.6 Å². The number of hydrogen-bond donors (Lipinski definition) is 2. The molecule has 0 radical (unpaired) electrons. The Morgan fingerprint density at radius 3 is 2.36 bits per heavy atom. The van der Waals surface area contributed by atoms with E-state index in [4.69, 9.17) is 0 Å². The van der Waals surface area contributed by atoms with Crippen LogP contribution in [-0.4, -0.2) is 40.0 Å². The number of sulfone groups is 1. The molecule has 10 heteroatoms. The molecular weight excluding hydrogens is 506 g/mol. The van der Waals surface area contributed by atoms with Crippen LogP contribution in [0.4, 0.5) is 13.2 Å². The molecule has 0 aliphatic carbocycles. The molecule has 0 aliphatic rings. The van der Waals surface area contributed by atoms with Crippen molar-refractivity contribution in [2.45, 2.75) is 39.4 Å². The summed E-state index contributed by atoms with van der Waals surface area (Å²) in [6.07, 6.45) is -2.70. The quantitative estimate of drug-likeness (QED) is 0.315. The molecule has 1 atom stereocenters. The summed E-state index contributed by atoms with van der Waals surface area (Å²) in [6.45, 7) is 6.10. The fourth-order valence-electron chi connectivity index (χ4n) is 2.34. The summed E-state index contributed by atoms with van der Waals surface area (Å²) in [5.74, 6) is 0.529. The lowest BCUT2D eigenvalue weighted by Crippen LogP contribution is -2.43. The van der Waals surface area contributed by atoms with Gasteiger partial charge in [0.25, 0.3) is 0 Å². The molecular formula is C18H29F3IN3O2S. The summed E-state index contributed by atoms with van der Waals surface area (Å²) in [6, 6.07) is 4.75. The van der Waals surface area contributed by atoms with E-state index in [1.807, 2.05) is 13.8 Å². The van der Waals surface area contributed by atoms with Gasteiger partial charge in [0.2, 0.25) is 0 Å². The molecule has 162 valence electrons. The molecule has 5 nitrogen and oxygen atoms in total. The van der Waals surface area contributed by atoms with Gasteiger partial charge < -0.3 is 10.6 Å². The van der Waals surface area contributed by atoms with Gasteiger partial charge >= 0.3 is 6.18 Å². The van der Waals surface area contributed by atoms with Crippen LogP contribution >= 0.6 is 24.0 Å². The molecule has 0 aromatic heterocycles. The van der Waals surface area contributed by atoms with Crippen LogP contribution in [0.15, 0.2) is 29.3 Å². The highest BCUT2D eigenvalue weighted by Gasteiger charge is 2.30. The Morgan fingerprint density at radius 2 is 1.86 bits per heavy atom. The van der Waals surface area contributed by atoms with E-state index in [9.17, 15) is 21.6 Å². The van der Waals surface area contributed by atoms with Crippen molar-refractivity contribution in [3.8, 4) is 0 Å². The van der Waals surface area contributed by atoms with Crippen LogP contribution in [-0.2, 0) is 16.0 Å². The van der Waals surface area contributed by atoms with Gasteiger partial charge in [0, 0.05) is 19.8 Å². The van der Waals surface area contributed by atoms with E-state index in [-0.39, 0.29) is 35.1 Å². The van der Waals surface area contributed by atoms with Crippen LogP contribution in [0.25, 0.3) is 0 Å². The minimum Gasteiger partial charge on any atom is -0.356 e. The van der Waals surface area contributed by atoms with Gasteiger partial charge in [-0.2, -0.15) is 13.2 Å². The molecule has 2 N–H and O–H groups in total. The molecule has 1 unspecified atom stereocenters. The smallest absolute Gasteiger partial charge is 0.356 e. The zero-order valence-electron chi connectivity index (χ0n) is 16.7. The highest BCUT2D eigenvalue weighted by Crippen LogP contribution is 2.30. The number of guanidine groups is 1. The summed E-state index contributed by atoms with van der Waals surface area (Å²) < 4.78 is 61.3.